The van der Waals surface area contributed by atoms with Crippen LogP contribution in [-0.4, -0.2) is 34.2 Å². The minimum Gasteiger partial charge on any atom is -0.496 e. The molecule has 1 atom stereocenters. The molecule has 0 saturated heterocycles. The fourth-order valence-electron chi connectivity index (χ4n) is 4.20. The molecule has 0 saturated carbocycles. The molecule has 4 aromatic rings. The molecule has 1 aliphatic heterocycles. The second-order valence-electron chi connectivity index (χ2n) is 8.56. The summed E-state index contributed by atoms with van der Waals surface area (Å²) in [7, 11) is 1.54. The Morgan fingerprint density at radius 2 is 2.05 bits per heavy atom. The van der Waals surface area contributed by atoms with Gasteiger partial charge in [-0.05, 0) is 78.8 Å². The zero-order chi connectivity index (χ0) is 28.6. The van der Waals surface area contributed by atoms with Crippen molar-refractivity contribution in [2.24, 2.45) is 4.99 Å². The summed E-state index contributed by atoms with van der Waals surface area (Å²) in [6.45, 7) is 5.54. The second-order valence-corrected chi connectivity index (χ2v) is 12.3. The van der Waals surface area contributed by atoms with Crippen LogP contribution in [0, 0.1) is 6.92 Å². The number of halogens is 2. The molecule has 9 nitrogen and oxygen atoms in total. The lowest BCUT2D eigenvalue weighted by Crippen LogP contribution is -2.40. The van der Waals surface area contributed by atoms with Crippen LogP contribution in [0.4, 0.5) is 0 Å². The topological polar surface area (TPSA) is 109 Å². The Kier molecular flexibility index (Phi) is 8.45. The summed E-state index contributed by atoms with van der Waals surface area (Å²) >= 11 is 9.52. The molecule has 13 heteroatoms. The minimum atomic E-state index is -0.808. The highest BCUT2D eigenvalue weighted by molar-refractivity contribution is 9.10. The molecule has 0 aliphatic carbocycles. The first kappa shape index (κ1) is 28.5. The summed E-state index contributed by atoms with van der Waals surface area (Å²) in [5.41, 5.74) is 1.88. The van der Waals surface area contributed by atoms with Crippen molar-refractivity contribution in [2.45, 2.75) is 37.1 Å². The fourth-order valence-corrected chi connectivity index (χ4v) is 6.92. The van der Waals surface area contributed by atoms with Gasteiger partial charge < -0.3 is 13.9 Å². The molecule has 0 amide bonds. The predicted octanol–water partition coefficient (Wildman–Crippen LogP) is 5.17. The summed E-state index contributed by atoms with van der Waals surface area (Å²) in [6, 6.07) is 8.24. The van der Waals surface area contributed by atoms with Gasteiger partial charge >= 0.3 is 5.97 Å². The number of hydrogen-bond acceptors (Lipinski definition) is 10. The molecule has 40 heavy (non-hydrogen) atoms. The standard InChI is InChI=1S/C27H22Br2N4O5S2/c1-5-37-24(35)21-14(3)32-27-33(22(21)17-10-15(28)6-7-19(17)36-4)23(34)20(39-27)12-16-11-18(29)25(38-16)40-26-30-9-8-13(2)31-26/h6-12,22H,5H2,1-4H3/b20-12-/t22-/m0/s1. The first-order valence-electron chi connectivity index (χ1n) is 12.0. The van der Waals surface area contributed by atoms with E-state index in [-0.39, 0.29) is 17.7 Å². The van der Waals surface area contributed by atoms with Crippen molar-refractivity contribution >= 4 is 67.0 Å². The Hall–Kier alpha value is -3.00. The van der Waals surface area contributed by atoms with E-state index in [1.54, 1.807) is 45.4 Å². The van der Waals surface area contributed by atoms with E-state index < -0.39 is 12.0 Å². The van der Waals surface area contributed by atoms with Gasteiger partial charge in [0.2, 0.25) is 0 Å². The number of methoxy groups -OCH3 is 1. The number of aromatic nitrogens is 3. The van der Waals surface area contributed by atoms with Gasteiger partial charge in [0.15, 0.2) is 15.1 Å². The van der Waals surface area contributed by atoms with Crippen molar-refractivity contribution in [3.05, 3.63) is 93.4 Å². The SMILES string of the molecule is CCOC(=O)C1=C(C)N=c2s/c(=C\c3cc(Br)c(Sc4nccc(C)n4)o3)c(=O)n2[C@H]1c1cc(Br)ccc1OC. The van der Waals surface area contributed by atoms with Crippen molar-refractivity contribution in [2.75, 3.05) is 13.7 Å². The molecular formula is C27H22Br2N4O5S2. The molecule has 1 aliphatic rings. The molecule has 0 spiro atoms. The van der Waals surface area contributed by atoms with Gasteiger partial charge in [0.25, 0.3) is 5.56 Å². The zero-order valence-corrected chi connectivity index (χ0v) is 26.5. The fraction of sp³-hybridized carbons (Fsp3) is 0.222. The van der Waals surface area contributed by atoms with Crippen LogP contribution in [0.1, 0.15) is 36.9 Å². The molecule has 1 aromatic carbocycles. The summed E-state index contributed by atoms with van der Waals surface area (Å²) in [5, 5.41) is 1.10. The van der Waals surface area contributed by atoms with Gasteiger partial charge in [-0.15, -0.1) is 0 Å². The number of benzene rings is 1. The lowest BCUT2D eigenvalue weighted by atomic mass is 9.95. The van der Waals surface area contributed by atoms with Gasteiger partial charge in [-0.1, -0.05) is 27.3 Å². The third-order valence-electron chi connectivity index (χ3n) is 5.91. The van der Waals surface area contributed by atoms with E-state index in [4.69, 9.17) is 13.9 Å². The van der Waals surface area contributed by atoms with E-state index in [9.17, 15) is 9.59 Å². The highest BCUT2D eigenvalue weighted by Crippen LogP contribution is 2.38. The van der Waals surface area contributed by atoms with Gasteiger partial charge in [0.1, 0.15) is 17.6 Å². The smallest absolute Gasteiger partial charge is 0.338 e. The van der Waals surface area contributed by atoms with E-state index in [0.29, 0.717) is 46.8 Å². The lowest BCUT2D eigenvalue weighted by molar-refractivity contribution is -0.139. The van der Waals surface area contributed by atoms with E-state index in [1.165, 1.54) is 27.7 Å². The molecule has 0 bridgehead atoms. The average Bonchev–Trinajstić information content (AvgIpc) is 3.40. The van der Waals surface area contributed by atoms with Gasteiger partial charge in [0, 0.05) is 28.0 Å². The average molecular weight is 706 g/mol. The van der Waals surface area contributed by atoms with Gasteiger partial charge in [0.05, 0.1) is 34.0 Å². The number of furan rings is 1. The minimum absolute atomic E-state index is 0.184. The second kappa shape index (κ2) is 11.9. The van der Waals surface area contributed by atoms with E-state index >= 15 is 0 Å². The first-order valence-corrected chi connectivity index (χ1v) is 15.2. The zero-order valence-electron chi connectivity index (χ0n) is 21.7. The van der Waals surface area contributed by atoms with Crippen molar-refractivity contribution in [3.63, 3.8) is 0 Å². The van der Waals surface area contributed by atoms with Crippen LogP contribution in [0.15, 0.2) is 81.2 Å². The van der Waals surface area contributed by atoms with E-state index in [0.717, 1.165) is 10.2 Å². The quantitative estimate of drug-likeness (QED) is 0.191. The summed E-state index contributed by atoms with van der Waals surface area (Å²) in [5.74, 6) is 0.444. The molecular weight excluding hydrogens is 684 g/mol. The van der Waals surface area contributed by atoms with Crippen LogP contribution >= 0.6 is 55.0 Å². The molecule has 5 rings (SSSR count). The highest BCUT2D eigenvalue weighted by Gasteiger charge is 2.35. The van der Waals surface area contributed by atoms with Gasteiger partial charge in [-0.2, -0.15) is 0 Å². The lowest BCUT2D eigenvalue weighted by Gasteiger charge is -2.26. The summed E-state index contributed by atoms with van der Waals surface area (Å²) in [6.07, 6.45) is 3.35. The van der Waals surface area contributed by atoms with Crippen LogP contribution in [0.3, 0.4) is 0 Å². The molecule has 0 N–H and O–H groups in total. The van der Waals surface area contributed by atoms with Gasteiger partial charge in [-0.25, -0.2) is 19.8 Å². The van der Waals surface area contributed by atoms with Crippen LogP contribution in [-0.2, 0) is 9.53 Å². The normalized spacial score (nSPS) is 15.2. The third kappa shape index (κ3) is 5.60. The Balaban J connectivity index is 1.64. The maximum Gasteiger partial charge on any atom is 0.338 e. The number of allylic oxidation sites excluding steroid dienone is 1. The van der Waals surface area contributed by atoms with E-state index in [1.807, 2.05) is 25.1 Å². The number of thiazole rings is 1. The predicted molar refractivity (Wildman–Crippen MR) is 158 cm³/mol. The molecule has 0 radical (unpaired) electrons. The van der Waals surface area contributed by atoms with Crippen LogP contribution in [0.2, 0.25) is 0 Å². The Labute approximate surface area is 253 Å². The molecule has 0 fully saturated rings. The Bertz CT molecular complexity index is 1840. The van der Waals surface area contributed by atoms with Gasteiger partial charge in [-0.3, -0.25) is 9.36 Å². The number of fused-ring (bicyclic) bond motifs is 1. The van der Waals surface area contributed by atoms with Crippen molar-refractivity contribution in [1.82, 2.24) is 14.5 Å². The van der Waals surface area contributed by atoms with Crippen molar-refractivity contribution in [1.29, 1.82) is 0 Å². The maximum absolute atomic E-state index is 13.9. The Morgan fingerprint density at radius 3 is 2.77 bits per heavy atom. The Morgan fingerprint density at radius 1 is 1.25 bits per heavy atom. The van der Waals surface area contributed by atoms with Crippen LogP contribution < -0.4 is 19.6 Å². The highest BCUT2D eigenvalue weighted by atomic mass is 79.9. The molecule has 206 valence electrons. The summed E-state index contributed by atoms with van der Waals surface area (Å²) in [4.78, 5) is 40.8. The van der Waals surface area contributed by atoms with Crippen LogP contribution in [0.25, 0.3) is 6.08 Å². The van der Waals surface area contributed by atoms with Crippen molar-refractivity contribution < 1.29 is 18.7 Å². The number of ether oxygens (including phenoxy) is 2. The van der Waals surface area contributed by atoms with Crippen molar-refractivity contribution in [3.8, 4) is 5.75 Å². The number of esters is 1. The molecule has 3 aromatic heterocycles. The monoisotopic (exact) mass is 704 g/mol. The number of carbonyl (C=O) groups excluding carboxylic acids is 1. The first-order chi connectivity index (χ1) is 19.2. The molecule has 4 heterocycles. The summed E-state index contributed by atoms with van der Waals surface area (Å²) < 4.78 is 20.4. The van der Waals surface area contributed by atoms with E-state index in [2.05, 4.69) is 46.8 Å². The molecule has 0 unspecified atom stereocenters. The number of nitrogens with zero attached hydrogens (tertiary/aromatic N) is 4. The number of rotatable bonds is 7. The number of aryl methyl sites for hydroxylation is 1. The number of carbonyl (C=O) groups is 1. The number of hydrogen-bond donors (Lipinski definition) is 0. The van der Waals surface area contributed by atoms with Crippen LogP contribution in [0.5, 0.6) is 5.75 Å². The maximum atomic E-state index is 13.9. The largest absolute Gasteiger partial charge is 0.496 e. The third-order valence-corrected chi connectivity index (χ3v) is 9.10.